The van der Waals surface area contributed by atoms with Gasteiger partial charge in [-0.3, -0.25) is 0 Å². The lowest BCUT2D eigenvalue weighted by atomic mass is 10.1. The maximum atomic E-state index is 13.1. The average molecular weight is 240 g/mol. The van der Waals surface area contributed by atoms with E-state index in [0.29, 0.717) is 11.6 Å². The quantitative estimate of drug-likeness (QED) is 0.827. The molecule has 2 atom stereocenters. The first-order valence-corrected chi connectivity index (χ1v) is 5.80. The van der Waals surface area contributed by atoms with E-state index in [9.17, 15) is 9.50 Å². The number of likely N-dealkylation sites (N-methyl/N-ethyl adjacent to an activating group) is 1. The summed E-state index contributed by atoms with van der Waals surface area (Å²) < 4.78 is 13.1. The number of hydrogen-bond acceptors (Lipinski definition) is 3. The average Bonchev–Trinajstić information content (AvgIpc) is 2.28. The van der Waals surface area contributed by atoms with Crippen LogP contribution in [0.15, 0.2) is 18.2 Å². The molecule has 1 aromatic rings. The fourth-order valence-electron chi connectivity index (χ4n) is 1.51. The van der Waals surface area contributed by atoms with E-state index in [0.717, 1.165) is 6.54 Å². The highest BCUT2D eigenvalue weighted by Crippen LogP contribution is 2.24. The molecule has 17 heavy (non-hydrogen) atoms. The van der Waals surface area contributed by atoms with Crippen LogP contribution in [0.5, 0.6) is 5.75 Å². The van der Waals surface area contributed by atoms with Crippen molar-refractivity contribution in [2.75, 3.05) is 20.6 Å². The second kappa shape index (κ2) is 5.98. The SMILES string of the molecule is CC(NCC(C)N(C)C)c1cc(F)ccc1O. The predicted molar refractivity (Wildman–Crippen MR) is 67.6 cm³/mol. The van der Waals surface area contributed by atoms with Crippen LogP contribution in [-0.2, 0) is 0 Å². The third kappa shape index (κ3) is 3.98. The molecule has 3 nitrogen and oxygen atoms in total. The molecular weight excluding hydrogens is 219 g/mol. The van der Waals surface area contributed by atoms with Gasteiger partial charge in [-0.05, 0) is 46.1 Å². The number of rotatable bonds is 5. The van der Waals surface area contributed by atoms with Gasteiger partial charge in [0.15, 0.2) is 0 Å². The van der Waals surface area contributed by atoms with Crippen LogP contribution in [-0.4, -0.2) is 36.7 Å². The van der Waals surface area contributed by atoms with E-state index >= 15 is 0 Å². The van der Waals surface area contributed by atoms with Crippen molar-refractivity contribution >= 4 is 0 Å². The molecule has 0 saturated heterocycles. The van der Waals surface area contributed by atoms with Crippen molar-refractivity contribution in [2.45, 2.75) is 25.9 Å². The molecule has 0 bridgehead atoms. The third-order valence-electron chi connectivity index (χ3n) is 3.06. The molecule has 0 spiro atoms. The van der Waals surface area contributed by atoms with Gasteiger partial charge in [0.1, 0.15) is 11.6 Å². The molecule has 4 heteroatoms. The van der Waals surface area contributed by atoms with Gasteiger partial charge in [0, 0.05) is 24.2 Å². The number of phenolic OH excluding ortho intramolecular Hbond substituents is 1. The summed E-state index contributed by atoms with van der Waals surface area (Å²) in [4.78, 5) is 2.10. The Hall–Kier alpha value is -1.13. The van der Waals surface area contributed by atoms with Crippen molar-refractivity contribution in [2.24, 2.45) is 0 Å². The number of nitrogens with zero attached hydrogens (tertiary/aromatic N) is 1. The van der Waals surface area contributed by atoms with Gasteiger partial charge in [0.25, 0.3) is 0 Å². The van der Waals surface area contributed by atoms with Crippen molar-refractivity contribution in [3.05, 3.63) is 29.6 Å². The normalized spacial score (nSPS) is 14.9. The first-order valence-electron chi connectivity index (χ1n) is 5.80. The first kappa shape index (κ1) is 13.9. The van der Waals surface area contributed by atoms with Gasteiger partial charge in [-0.1, -0.05) is 0 Å². The Morgan fingerprint density at radius 1 is 1.35 bits per heavy atom. The maximum Gasteiger partial charge on any atom is 0.123 e. The summed E-state index contributed by atoms with van der Waals surface area (Å²) in [5.74, 6) is -0.198. The molecule has 0 aliphatic heterocycles. The zero-order valence-electron chi connectivity index (χ0n) is 10.9. The monoisotopic (exact) mass is 240 g/mol. The standard InChI is InChI=1S/C13H21FN2O/c1-9(16(3)4)8-15-10(2)12-7-11(14)5-6-13(12)17/h5-7,9-10,15,17H,8H2,1-4H3. The van der Waals surface area contributed by atoms with Gasteiger partial charge < -0.3 is 15.3 Å². The van der Waals surface area contributed by atoms with E-state index in [1.165, 1.54) is 18.2 Å². The van der Waals surface area contributed by atoms with Crippen LogP contribution in [0.25, 0.3) is 0 Å². The Labute approximate surface area is 102 Å². The number of nitrogens with one attached hydrogen (secondary N) is 1. The summed E-state index contributed by atoms with van der Waals surface area (Å²) in [5.41, 5.74) is 0.593. The van der Waals surface area contributed by atoms with Crippen LogP contribution in [0.3, 0.4) is 0 Å². The number of benzene rings is 1. The molecule has 2 N–H and O–H groups in total. The summed E-state index contributed by atoms with van der Waals surface area (Å²) in [5, 5.41) is 12.9. The van der Waals surface area contributed by atoms with Gasteiger partial charge in [-0.25, -0.2) is 4.39 Å². The lowest BCUT2D eigenvalue weighted by Crippen LogP contribution is -2.36. The van der Waals surface area contributed by atoms with E-state index in [1.807, 2.05) is 21.0 Å². The lowest BCUT2D eigenvalue weighted by Gasteiger charge is -2.23. The van der Waals surface area contributed by atoms with E-state index in [2.05, 4.69) is 17.1 Å². The van der Waals surface area contributed by atoms with E-state index in [1.54, 1.807) is 0 Å². The molecule has 2 unspecified atom stereocenters. The number of hydrogen-bond donors (Lipinski definition) is 2. The number of aromatic hydroxyl groups is 1. The van der Waals surface area contributed by atoms with Crippen LogP contribution in [0, 0.1) is 5.82 Å². The molecule has 0 radical (unpaired) electrons. The van der Waals surface area contributed by atoms with Crippen molar-refractivity contribution in [1.29, 1.82) is 0 Å². The third-order valence-corrected chi connectivity index (χ3v) is 3.06. The lowest BCUT2D eigenvalue weighted by molar-refractivity contribution is 0.294. The van der Waals surface area contributed by atoms with Gasteiger partial charge in [-0.15, -0.1) is 0 Å². The minimum absolute atomic E-state index is 0.0758. The Morgan fingerprint density at radius 2 is 2.00 bits per heavy atom. The van der Waals surface area contributed by atoms with E-state index in [-0.39, 0.29) is 17.6 Å². The molecule has 0 heterocycles. The van der Waals surface area contributed by atoms with Gasteiger partial charge in [0.2, 0.25) is 0 Å². The van der Waals surface area contributed by atoms with Crippen LogP contribution in [0.4, 0.5) is 4.39 Å². The fourth-order valence-corrected chi connectivity index (χ4v) is 1.51. The molecule has 1 aromatic carbocycles. The summed E-state index contributed by atoms with van der Waals surface area (Å²) in [6, 6.07) is 4.32. The molecule has 0 saturated carbocycles. The van der Waals surface area contributed by atoms with Crippen molar-refractivity contribution in [1.82, 2.24) is 10.2 Å². The molecule has 0 amide bonds. The molecule has 96 valence electrons. The number of halogens is 1. The van der Waals surface area contributed by atoms with Crippen molar-refractivity contribution < 1.29 is 9.50 Å². The van der Waals surface area contributed by atoms with Gasteiger partial charge in [0.05, 0.1) is 0 Å². The van der Waals surface area contributed by atoms with Crippen LogP contribution < -0.4 is 5.32 Å². The molecule has 1 rings (SSSR count). The maximum absolute atomic E-state index is 13.1. The molecule has 0 aliphatic carbocycles. The van der Waals surface area contributed by atoms with Crippen molar-refractivity contribution in [3.63, 3.8) is 0 Å². The van der Waals surface area contributed by atoms with Crippen LogP contribution in [0.2, 0.25) is 0 Å². The number of phenols is 1. The minimum Gasteiger partial charge on any atom is -0.508 e. The topological polar surface area (TPSA) is 35.5 Å². The Morgan fingerprint density at radius 3 is 2.59 bits per heavy atom. The van der Waals surface area contributed by atoms with Gasteiger partial charge in [-0.2, -0.15) is 0 Å². The fraction of sp³-hybridized carbons (Fsp3) is 0.538. The zero-order valence-corrected chi connectivity index (χ0v) is 10.9. The highest BCUT2D eigenvalue weighted by molar-refractivity contribution is 5.34. The summed E-state index contributed by atoms with van der Waals surface area (Å²) >= 11 is 0. The molecule has 0 fully saturated rings. The van der Waals surface area contributed by atoms with E-state index < -0.39 is 0 Å². The summed E-state index contributed by atoms with van der Waals surface area (Å²) in [6.45, 7) is 4.80. The Kier molecular flexibility index (Phi) is 4.90. The summed E-state index contributed by atoms with van der Waals surface area (Å²) in [7, 11) is 4.02. The van der Waals surface area contributed by atoms with Crippen LogP contribution >= 0.6 is 0 Å². The molecular formula is C13H21FN2O. The van der Waals surface area contributed by atoms with Crippen molar-refractivity contribution in [3.8, 4) is 5.75 Å². The largest absolute Gasteiger partial charge is 0.508 e. The minimum atomic E-state index is -0.327. The van der Waals surface area contributed by atoms with Gasteiger partial charge >= 0.3 is 0 Å². The predicted octanol–water partition coefficient (Wildman–Crippen LogP) is 2.13. The highest BCUT2D eigenvalue weighted by atomic mass is 19.1. The summed E-state index contributed by atoms with van der Waals surface area (Å²) in [6.07, 6.45) is 0. The van der Waals surface area contributed by atoms with Crippen LogP contribution in [0.1, 0.15) is 25.5 Å². The zero-order chi connectivity index (χ0) is 13.0. The smallest absolute Gasteiger partial charge is 0.123 e. The second-order valence-corrected chi connectivity index (χ2v) is 4.65. The highest BCUT2D eigenvalue weighted by Gasteiger charge is 2.12. The van der Waals surface area contributed by atoms with E-state index in [4.69, 9.17) is 0 Å². The Bertz CT molecular complexity index is 368. The molecule has 0 aromatic heterocycles. The Balaban J connectivity index is 2.63. The molecule has 0 aliphatic rings. The second-order valence-electron chi connectivity index (χ2n) is 4.65. The first-order chi connectivity index (χ1) is 7.91.